The molecule has 18 heavy (non-hydrogen) atoms. The van der Waals surface area contributed by atoms with Gasteiger partial charge in [-0.3, -0.25) is 4.79 Å². The van der Waals surface area contributed by atoms with E-state index >= 15 is 0 Å². The van der Waals surface area contributed by atoms with Gasteiger partial charge < -0.3 is 10.2 Å². The lowest BCUT2D eigenvalue weighted by Crippen LogP contribution is -2.47. The molecule has 1 atom stereocenters. The molecule has 1 aromatic carbocycles. The fourth-order valence-electron chi connectivity index (χ4n) is 2.37. The maximum absolute atomic E-state index is 12.2. The van der Waals surface area contributed by atoms with Crippen molar-refractivity contribution in [1.29, 1.82) is 0 Å². The average molecular weight is 267 g/mol. The lowest BCUT2D eigenvalue weighted by molar-refractivity contribution is -0.131. The van der Waals surface area contributed by atoms with Gasteiger partial charge in [0.15, 0.2) is 0 Å². The minimum atomic E-state index is 0.192. The first-order chi connectivity index (χ1) is 8.69. The second kappa shape index (κ2) is 6.21. The van der Waals surface area contributed by atoms with Gasteiger partial charge in [0.2, 0.25) is 5.91 Å². The van der Waals surface area contributed by atoms with E-state index < -0.39 is 0 Å². The van der Waals surface area contributed by atoms with Gasteiger partial charge in [-0.15, -0.1) is 0 Å². The van der Waals surface area contributed by atoms with Crippen LogP contribution in [0.4, 0.5) is 0 Å². The topological polar surface area (TPSA) is 32.3 Å². The van der Waals surface area contributed by atoms with E-state index in [1.165, 1.54) is 0 Å². The number of hydrogen-bond acceptors (Lipinski definition) is 2. The molecule has 1 heterocycles. The van der Waals surface area contributed by atoms with E-state index in [2.05, 4.69) is 5.32 Å². The first-order valence-electron chi connectivity index (χ1n) is 6.38. The summed E-state index contributed by atoms with van der Waals surface area (Å²) in [5.41, 5.74) is 0.985. The summed E-state index contributed by atoms with van der Waals surface area (Å²) in [6.45, 7) is 1.69. The van der Waals surface area contributed by atoms with E-state index in [1.807, 2.05) is 36.2 Å². The predicted molar refractivity (Wildman–Crippen MR) is 73.8 cm³/mol. The molecule has 1 aliphatic heterocycles. The molecular weight excluding hydrogens is 248 g/mol. The molecule has 1 N–H and O–H groups in total. The number of nitrogens with one attached hydrogen (secondary N) is 1. The van der Waals surface area contributed by atoms with Crippen molar-refractivity contribution in [3.8, 4) is 0 Å². The second-order valence-electron chi connectivity index (χ2n) is 4.77. The summed E-state index contributed by atoms with van der Waals surface area (Å²) >= 11 is 5.92. The number of carbonyl (C=O) groups excluding carboxylic acids is 1. The molecule has 3 nitrogen and oxygen atoms in total. The maximum Gasteiger partial charge on any atom is 0.227 e. The number of rotatable bonds is 3. The smallest absolute Gasteiger partial charge is 0.227 e. The molecule has 0 saturated carbocycles. The van der Waals surface area contributed by atoms with Crippen LogP contribution in [0.3, 0.4) is 0 Å². The molecule has 0 unspecified atom stereocenters. The summed E-state index contributed by atoms with van der Waals surface area (Å²) in [6.07, 6.45) is 2.67. The zero-order valence-corrected chi connectivity index (χ0v) is 11.4. The lowest BCUT2D eigenvalue weighted by Gasteiger charge is -2.32. The number of halogens is 1. The highest BCUT2D eigenvalue weighted by molar-refractivity contribution is 6.30. The standard InChI is InChI=1S/C14H19ClN2O/c1-16-13-6-3-7-17(10-13)14(18)9-11-4-2-5-12(15)8-11/h2,4-5,8,13,16H,3,6-7,9-10H2,1H3/t13-/m0/s1. The van der Waals surface area contributed by atoms with Crippen molar-refractivity contribution in [1.82, 2.24) is 10.2 Å². The van der Waals surface area contributed by atoms with Gasteiger partial charge >= 0.3 is 0 Å². The molecule has 2 rings (SSSR count). The molecule has 0 aromatic heterocycles. The summed E-state index contributed by atoms with van der Waals surface area (Å²) in [5, 5.41) is 3.93. The molecule has 0 aliphatic carbocycles. The largest absolute Gasteiger partial charge is 0.341 e. The van der Waals surface area contributed by atoms with E-state index in [1.54, 1.807) is 0 Å². The fraction of sp³-hybridized carbons (Fsp3) is 0.500. The zero-order valence-electron chi connectivity index (χ0n) is 10.7. The van der Waals surface area contributed by atoms with Crippen molar-refractivity contribution in [2.24, 2.45) is 0 Å². The monoisotopic (exact) mass is 266 g/mol. The third-order valence-corrected chi connectivity index (χ3v) is 3.66. The van der Waals surface area contributed by atoms with Crippen LogP contribution in [0.2, 0.25) is 5.02 Å². The van der Waals surface area contributed by atoms with Crippen LogP contribution in [0.25, 0.3) is 0 Å². The van der Waals surface area contributed by atoms with Crippen molar-refractivity contribution in [2.45, 2.75) is 25.3 Å². The van der Waals surface area contributed by atoms with Gasteiger partial charge in [-0.1, -0.05) is 23.7 Å². The molecule has 1 aliphatic rings. The number of amides is 1. The highest BCUT2D eigenvalue weighted by Gasteiger charge is 2.22. The zero-order chi connectivity index (χ0) is 13.0. The minimum absolute atomic E-state index is 0.192. The van der Waals surface area contributed by atoms with Crippen LogP contribution in [0, 0.1) is 0 Å². The molecule has 98 valence electrons. The average Bonchev–Trinajstić information content (AvgIpc) is 2.39. The Bertz CT molecular complexity index is 422. The number of piperidine rings is 1. The number of benzene rings is 1. The van der Waals surface area contributed by atoms with E-state index in [-0.39, 0.29) is 5.91 Å². The summed E-state index contributed by atoms with van der Waals surface area (Å²) in [5.74, 6) is 0.192. The number of carbonyl (C=O) groups is 1. The number of nitrogens with zero attached hydrogens (tertiary/aromatic N) is 1. The first-order valence-corrected chi connectivity index (χ1v) is 6.76. The first kappa shape index (κ1) is 13.4. The normalized spacial score (nSPS) is 19.9. The molecule has 1 amide bonds. The van der Waals surface area contributed by atoms with Crippen LogP contribution >= 0.6 is 11.6 Å². The molecule has 0 bridgehead atoms. The van der Waals surface area contributed by atoms with Crippen molar-refractivity contribution in [3.63, 3.8) is 0 Å². The highest BCUT2D eigenvalue weighted by Crippen LogP contribution is 2.14. The molecular formula is C14H19ClN2O. The van der Waals surface area contributed by atoms with Gasteiger partial charge in [0.25, 0.3) is 0 Å². The van der Waals surface area contributed by atoms with Crippen LogP contribution in [0.15, 0.2) is 24.3 Å². The maximum atomic E-state index is 12.2. The van der Waals surface area contributed by atoms with Crippen molar-refractivity contribution < 1.29 is 4.79 Å². The molecule has 1 aromatic rings. The molecule has 0 spiro atoms. The van der Waals surface area contributed by atoms with Gasteiger partial charge in [-0.05, 0) is 37.6 Å². The second-order valence-corrected chi connectivity index (χ2v) is 5.21. The fourth-order valence-corrected chi connectivity index (χ4v) is 2.59. The lowest BCUT2D eigenvalue weighted by atomic mass is 10.0. The van der Waals surface area contributed by atoms with E-state index in [0.29, 0.717) is 17.5 Å². The highest BCUT2D eigenvalue weighted by atomic mass is 35.5. The van der Waals surface area contributed by atoms with Crippen molar-refractivity contribution in [3.05, 3.63) is 34.9 Å². The third-order valence-electron chi connectivity index (χ3n) is 3.43. The van der Waals surface area contributed by atoms with Crippen LogP contribution in [0.5, 0.6) is 0 Å². The van der Waals surface area contributed by atoms with Crippen LogP contribution < -0.4 is 5.32 Å². The Hall–Kier alpha value is -1.06. The third kappa shape index (κ3) is 3.47. The Labute approximate surface area is 113 Å². The molecule has 0 radical (unpaired) electrons. The minimum Gasteiger partial charge on any atom is -0.341 e. The number of likely N-dealkylation sites (tertiary alicyclic amines) is 1. The Kier molecular flexibility index (Phi) is 4.61. The van der Waals surface area contributed by atoms with Gasteiger partial charge in [0.1, 0.15) is 0 Å². The van der Waals surface area contributed by atoms with Crippen molar-refractivity contribution in [2.75, 3.05) is 20.1 Å². The number of hydrogen-bond donors (Lipinski definition) is 1. The van der Waals surface area contributed by atoms with Gasteiger partial charge in [-0.25, -0.2) is 0 Å². The van der Waals surface area contributed by atoms with Gasteiger partial charge in [0, 0.05) is 24.2 Å². The van der Waals surface area contributed by atoms with Crippen LogP contribution in [-0.4, -0.2) is 37.0 Å². The van der Waals surface area contributed by atoms with Gasteiger partial charge in [-0.2, -0.15) is 0 Å². The Morgan fingerprint density at radius 2 is 2.39 bits per heavy atom. The summed E-state index contributed by atoms with van der Waals surface area (Å²) < 4.78 is 0. The van der Waals surface area contributed by atoms with E-state index in [0.717, 1.165) is 31.5 Å². The molecule has 1 fully saturated rings. The SMILES string of the molecule is CN[C@H]1CCCN(C(=O)Cc2cccc(Cl)c2)C1. The Morgan fingerprint density at radius 3 is 3.11 bits per heavy atom. The molecule has 1 saturated heterocycles. The van der Waals surface area contributed by atoms with Crippen LogP contribution in [0.1, 0.15) is 18.4 Å². The quantitative estimate of drug-likeness (QED) is 0.909. The van der Waals surface area contributed by atoms with Crippen LogP contribution in [-0.2, 0) is 11.2 Å². The Balaban J connectivity index is 1.95. The van der Waals surface area contributed by atoms with E-state index in [9.17, 15) is 4.79 Å². The summed E-state index contributed by atoms with van der Waals surface area (Å²) in [4.78, 5) is 14.1. The van der Waals surface area contributed by atoms with Crippen molar-refractivity contribution >= 4 is 17.5 Å². The predicted octanol–water partition coefficient (Wildman–Crippen LogP) is 2.09. The van der Waals surface area contributed by atoms with E-state index in [4.69, 9.17) is 11.6 Å². The molecule has 4 heteroatoms. The Morgan fingerprint density at radius 1 is 1.56 bits per heavy atom. The van der Waals surface area contributed by atoms with Gasteiger partial charge in [0.05, 0.1) is 6.42 Å². The summed E-state index contributed by atoms with van der Waals surface area (Å²) in [7, 11) is 1.95. The number of likely N-dealkylation sites (N-methyl/N-ethyl adjacent to an activating group) is 1. The summed E-state index contributed by atoms with van der Waals surface area (Å²) in [6, 6.07) is 7.95.